The quantitative estimate of drug-likeness (QED) is 0.929. The molecule has 1 aromatic rings. The predicted octanol–water partition coefficient (Wildman–Crippen LogP) is 2.65. The Hall–Kier alpha value is -0.430. The van der Waals surface area contributed by atoms with Crippen LogP contribution in [0.1, 0.15) is 38.0 Å². The van der Waals surface area contributed by atoms with Gasteiger partial charge in [0.05, 0.1) is 4.90 Å². The number of rotatable bonds is 4. The molecule has 0 bridgehead atoms. The molecule has 1 saturated heterocycles. The highest BCUT2D eigenvalue weighted by Crippen LogP contribution is 2.29. The monoisotopic (exact) mass is 316 g/mol. The molecule has 0 aliphatic carbocycles. The smallest absolute Gasteiger partial charge is 0.243 e. The third-order valence-corrected chi connectivity index (χ3v) is 7.13. The minimum Gasteiger partial charge on any atom is -0.326 e. The first-order chi connectivity index (χ1) is 9.45. The van der Waals surface area contributed by atoms with Crippen LogP contribution in [0.25, 0.3) is 0 Å². The fraction of sp³-hybridized carbons (Fsp3) is 0.714. The molecule has 2 rings (SSSR count). The lowest BCUT2D eigenvalue weighted by Gasteiger charge is -2.20. The largest absolute Gasteiger partial charge is 0.326 e. The van der Waals surface area contributed by atoms with Gasteiger partial charge in [-0.3, -0.25) is 0 Å². The lowest BCUT2D eigenvalue weighted by atomic mass is 9.89. The maximum absolute atomic E-state index is 12.6. The summed E-state index contributed by atoms with van der Waals surface area (Å²) in [5, 5.41) is 1.71. The van der Waals surface area contributed by atoms with E-state index in [2.05, 4.69) is 13.8 Å². The van der Waals surface area contributed by atoms with Gasteiger partial charge in [0.15, 0.2) is 0 Å². The van der Waals surface area contributed by atoms with E-state index >= 15 is 0 Å². The van der Waals surface area contributed by atoms with Gasteiger partial charge in [0.25, 0.3) is 0 Å². The van der Waals surface area contributed by atoms with Crippen molar-refractivity contribution < 1.29 is 8.42 Å². The molecular weight excluding hydrogens is 292 g/mol. The molecule has 1 atom stereocenters. The van der Waals surface area contributed by atoms with Crippen molar-refractivity contribution in [3.63, 3.8) is 0 Å². The summed E-state index contributed by atoms with van der Waals surface area (Å²) in [5.74, 6) is 1.26. The van der Waals surface area contributed by atoms with E-state index in [1.54, 1.807) is 15.8 Å². The molecule has 0 spiro atoms. The van der Waals surface area contributed by atoms with Crippen LogP contribution < -0.4 is 5.73 Å². The van der Waals surface area contributed by atoms with Crippen LogP contribution in [-0.2, 0) is 16.6 Å². The summed E-state index contributed by atoms with van der Waals surface area (Å²) in [4.78, 5) is 1.32. The van der Waals surface area contributed by atoms with E-state index in [1.165, 1.54) is 11.3 Å². The third-order valence-electron chi connectivity index (χ3n) is 4.14. The zero-order valence-corrected chi connectivity index (χ0v) is 13.8. The third kappa shape index (κ3) is 3.42. The van der Waals surface area contributed by atoms with Crippen LogP contribution in [-0.4, -0.2) is 25.8 Å². The van der Waals surface area contributed by atoms with Gasteiger partial charge < -0.3 is 5.73 Å². The molecule has 114 valence electrons. The maximum atomic E-state index is 12.6. The first-order valence-corrected chi connectivity index (χ1v) is 9.54. The van der Waals surface area contributed by atoms with E-state index in [4.69, 9.17) is 5.73 Å². The molecule has 0 saturated carbocycles. The summed E-state index contributed by atoms with van der Waals surface area (Å²) < 4.78 is 26.9. The summed E-state index contributed by atoms with van der Waals surface area (Å²) in [7, 11) is -3.34. The van der Waals surface area contributed by atoms with Crippen LogP contribution in [0.3, 0.4) is 0 Å². The Kier molecular flexibility index (Phi) is 5.23. The second-order valence-corrected chi connectivity index (χ2v) is 8.73. The molecule has 0 aromatic carbocycles. The number of sulfonamides is 1. The summed E-state index contributed by atoms with van der Waals surface area (Å²) in [6, 6.07) is 1.71. The number of nitrogens with zero attached hydrogens (tertiary/aromatic N) is 1. The van der Waals surface area contributed by atoms with Gasteiger partial charge in [-0.15, -0.1) is 11.3 Å². The van der Waals surface area contributed by atoms with E-state index in [-0.39, 0.29) is 0 Å². The summed E-state index contributed by atoms with van der Waals surface area (Å²) in [6.07, 6.45) is 3.04. The fourth-order valence-electron chi connectivity index (χ4n) is 2.75. The normalized spacial score (nSPS) is 22.1. The van der Waals surface area contributed by atoms with Crippen LogP contribution in [0.4, 0.5) is 0 Å². The van der Waals surface area contributed by atoms with Crippen molar-refractivity contribution in [3.8, 4) is 0 Å². The second-order valence-electron chi connectivity index (χ2n) is 5.79. The van der Waals surface area contributed by atoms with Crippen LogP contribution in [0.15, 0.2) is 16.3 Å². The van der Waals surface area contributed by atoms with Crippen molar-refractivity contribution in [2.45, 2.75) is 44.6 Å². The number of thiophene rings is 1. The number of hydrogen-bond acceptors (Lipinski definition) is 4. The molecule has 6 heteroatoms. The van der Waals surface area contributed by atoms with E-state index < -0.39 is 10.0 Å². The first kappa shape index (κ1) is 15.9. The lowest BCUT2D eigenvalue weighted by molar-refractivity contribution is 0.341. The topological polar surface area (TPSA) is 63.4 Å². The molecule has 1 fully saturated rings. The van der Waals surface area contributed by atoms with Crippen LogP contribution in [0.5, 0.6) is 0 Å². The molecule has 1 aliphatic heterocycles. The van der Waals surface area contributed by atoms with E-state index in [9.17, 15) is 8.42 Å². The molecule has 1 aliphatic rings. The zero-order chi connectivity index (χ0) is 14.8. The molecule has 2 N–H and O–H groups in total. The Morgan fingerprint density at radius 3 is 2.75 bits per heavy atom. The van der Waals surface area contributed by atoms with Crippen molar-refractivity contribution in [2.24, 2.45) is 17.6 Å². The zero-order valence-electron chi connectivity index (χ0n) is 12.2. The van der Waals surface area contributed by atoms with Crippen LogP contribution in [0.2, 0.25) is 0 Å². The highest BCUT2D eigenvalue weighted by Gasteiger charge is 2.29. The Labute approximate surface area is 126 Å². The van der Waals surface area contributed by atoms with E-state index in [1.807, 2.05) is 0 Å². The van der Waals surface area contributed by atoms with E-state index in [0.717, 1.165) is 24.1 Å². The number of nitrogens with two attached hydrogens (primary N) is 1. The molecule has 20 heavy (non-hydrogen) atoms. The Morgan fingerprint density at radius 1 is 1.40 bits per heavy atom. The number of hydrogen-bond donors (Lipinski definition) is 1. The Morgan fingerprint density at radius 2 is 2.15 bits per heavy atom. The highest BCUT2D eigenvalue weighted by molar-refractivity contribution is 7.89. The average Bonchev–Trinajstić information content (AvgIpc) is 2.75. The van der Waals surface area contributed by atoms with Gasteiger partial charge in [-0.05, 0) is 37.2 Å². The molecule has 0 amide bonds. The van der Waals surface area contributed by atoms with Crippen LogP contribution >= 0.6 is 11.3 Å². The Bertz CT molecular complexity index is 537. The molecular formula is C14H24N2O2S2. The van der Waals surface area contributed by atoms with Crippen molar-refractivity contribution in [1.82, 2.24) is 4.31 Å². The molecule has 4 nitrogen and oxygen atoms in total. The minimum atomic E-state index is -3.34. The summed E-state index contributed by atoms with van der Waals surface area (Å²) in [6.45, 7) is 6.12. The molecule has 1 aromatic heterocycles. The second kappa shape index (κ2) is 6.56. The van der Waals surface area contributed by atoms with Gasteiger partial charge in [-0.2, -0.15) is 4.31 Å². The summed E-state index contributed by atoms with van der Waals surface area (Å²) >= 11 is 1.42. The average molecular weight is 316 g/mol. The maximum Gasteiger partial charge on any atom is 0.243 e. The highest BCUT2D eigenvalue weighted by atomic mass is 32.2. The minimum absolute atomic E-state index is 0.398. The van der Waals surface area contributed by atoms with Gasteiger partial charge >= 0.3 is 0 Å². The standard InChI is InChI=1S/C14H24N2O2S2/c1-11(2)12-4-3-6-16(7-5-12)20(17,18)14-8-13(9-15)19-10-14/h8,10-12H,3-7,9,15H2,1-2H3. The van der Waals surface area contributed by atoms with Crippen molar-refractivity contribution in [3.05, 3.63) is 16.3 Å². The van der Waals surface area contributed by atoms with Crippen LogP contribution in [0, 0.1) is 11.8 Å². The predicted molar refractivity (Wildman–Crippen MR) is 83.1 cm³/mol. The summed E-state index contributed by atoms with van der Waals surface area (Å²) in [5.41, 5.74) is 5.56. The van der Waals surface area contributed by atoms with Crippen molar-refractivity contribution in [1.29, 1.82) is 0 Å². The van der Waals surface area contributed by atoms with Crippen molar-refractivity contribution in [2.75, 3.05) is 13.1 Å². The lowest BCUT2D eigenvalue weighted by Crippen LogP contribution is -2.32. The first-order valence-electron chi connectivity index (χ1n) is 7.22. The molecule has 0 radical (unpaired) electrons. The molecule has 1 unspecified atom stereocenters. The van der Waals surface area contributed by atoms with Gasteiger partial charge in [0, 0.05) is 29.9 Å². The van der Waals surface area contributed by atoms with Gasteiger partial charge in [-0.25, -0.2) is 8.42 Å². The van der Waals surface area contributed by atoms with Gasteiger partial charge in [0.1, 0.15) is 0 Å². The SMILES string of the molecule is CC(C)C1CCCN(S(=O)(=O)c2csc(CN)c2)CC1. The molecule has 2 heterocycles. The fourth-order valence-corrected chi connectivity index (χ4v) is 5.39. The van der Waals surface area contributed by atoms with E-state index in [0.29, 0.717) is 36.4 Å². The van der Waals surface area contributed by atoms with Gasteiger partial charge in [-0.1, -0.05) is 13.8 Å². The van der Waals surface area contributed by atoms with Crippen molar-refractivity contribution >= 4 is 21.4 Å². The Balaban J connectivity index is 2.13. The van der Waals surface area contributed by atoms with Gasteiger partial charge in [0.2, 0.25) is 10.0 Å².